The lowest BCUT2D eigenvalue weighted by Crippen LogP contribution is -2.73. The van der Waals surface area contributed by atoms with E-state index >= 15 is 0 Å². The molecule has 0 radical (unpaired) electrons. The quantitative estimate of drug-likeness (QED) is 0.0343. The Kier molecular flexibility index (Phi) is 15.9. The molecule has 6 bridgehead atoms. The number of amidine groups is 4. The van der Waals surface area contributed by atoms with E-state index in [1.807, 2.05) is 20.6 Å². The third-order valence-electron chi connectivity index (χ3n) is 19.7. The molecule has 4 aliphatic heterocycles. The molecule has 97 heavy (non-hydrogen) atoms. The van der Waals surface area contributed by atoms with Crippen molar-refractivity contribution >= 4 is 166 Å². The van der Waals surface area contributed by atoms with Gasteiger partial charge in [0.15, 0.2) is 40.0 Å². The average molecular weight is 1440 g/mol. The van der Waals surface area contributed by atoms with Gasteiger partial charge in [0.25, 0.3) is 40.5 Å². The van der Waals surface area contributed by atoms with Gasteiger partial charge in [0.1, 0.15) is 22.6 Å². The van der Waals surface area contributed by atoms with Crippen molar-refractivity contribution in [3.8, 4) is 0 Å². The number of hydrogen-bond acceptors (Lipinski definition) is 18. The van der Waals surface area contributed by atoms with E-state index in [0.717, 1.165) is 0 Å². The van der Waals surface area contributed by atoms with E-state index in [1.165, 1.54) is 48.5 Å². The highest BCUT2D eigenvalue weighted by Gasteiger charge is 2.63. The number of benzene rings is 8. The van der Waals surface area contributed by atoms with E-state index in [4.69, 9.17) is 49.7 Å². The van der Waals surface area contributed by atoms with E-state index < -0.39 is 66.0 Å². The fraction of sp³-hybridized carbons (Fsp3) is 0.273. The molecule has 6 heterocycles. The first-order chi connectivity index (χ1) is 45.7. The largest absolute Gasteiger partial charge is 0.582 e. The summed E-state index contributed by atoms with van der Waals surface area (Å²) in [5, 5.41) is 5.15. The standard InChI is InChI=1S/C66H68N10O14S4Si3/c1-35(2)95(36(3)4,21-9-19-67)89-97(90-96(37(5)6,38(7)8)22-10-20-68)75-64-55-29-41-13-17-49(93(83,84)85)25-45(41)33-57(55)65(75)71-59-51-27-39-11-15-47(91(77,78)79)23-43(39)31-53(51)61(69-59)73-63-56-30-42-14-18-50(94(86,87)88)26-46(42)34-58(56)66(76(63)97)72-60-52-28-40-12-16-48(92(80,81)82)24-44(40)32-54(52)62(70-60)74-64/h11-18,23-38H,9-10,19-22,67-68H2,1-8H3,(H,77,78,79)(H,80,81,82)(H,83,84,85)(H,86,87,88). The molecule has 0 unspecified atom stereocenters. The van der Waals surface area contributed by atoms with E-state index in [2.05, 4.69) is 55.4 Å². The predicted octanol–water partition coefficient (Wildman–Crippen LogP) is 11.2. The minimum atomic E-state index is -5.32. The second kappa shape index (κ2) is 23.2. The van der Waals surface area contributed by atoms with E-state index in [-0.39, 0.29) is 87.7 Å². The van der Waals surface area contributed by atoms with Gasteiger partial charge in [-0.15, -0.1) is 0 Å². The summed E-state index contributed by atoms with van der Waals surface area (Å²) in [6.07, 6.45) is 1.05. The maximum absolute atomic E-state index is 13.1. The number of aliphatic imine (C=N–C) groups is 4. The van der Waals surface area contributed by atoms with Crippen molar-refractivity contribution < 1.29 is 60.1 Å². The Hall–Kier alpha value is -7.71. The Morgan fingerprint density at radius 1 is 0.381 bits per heavy atom. The fourth-order valence-electron chi connectivity index (χ4n) is 14.7. The van der Waals surface area contributed by atoms with Crippen molar-refractivity contribution in [3.63, 3.8) is 0 Å². The van der Waals surface area contributed by atoms with Gasteiger partial charge in [-0.1, -0.05) is 79.7 Å². The van der Waals surface area contributed by atoms with Crippen molar-refractivity contribution in [2.75, 3.05) is 13.1 Å². The summed E-state index contributed by atoms with van der Waals surface area (Å²) in [7, 11) is -31.5. The molecule has 0 atom stereocenters. The van der Waals surface area contributed by atoms with Crippen LogP contribution in [0.25, 0.3) is 64.6 Å². The van der Waals surface area contributed by atoms with Crippen molar-refractivity contribution in [2.45, 2.75) is 122 Å². The van der Waals surface area contributed by atoms with Crippen LogP contribution in [0.1, 0.15) is 90.5 Å². The van der Waals surface area contributed by atoms with Crippen LogP contribution in [-0.4, -0.2) is 122 Å². The fourth-order valence-corrected chi connectivity index (χ4v) is 35.7. The summed E-state index contributed by atoms with van der Waals surface area (Å²) in [5.74, 6) is 0.725. The molecule has 502 valence electrons. The van der Waals surface area contributed by atoms with Gasteiger partial charge in [0, 0.05) is 43.8 Å². The van der Waals surface area contributed by atoms with Crippen LogP contribution in [-0.2, 0) is 48.7 Å². The van der Waals surface area contributed by atoms with Gasteiger partial charge in [-0.2, -0.15) is 33.7 Å². The monoisotopic (exact) mass is 1440 g/mol. The number of hydrogen-bond donors (Lipinski definition) is 6. The number of rotatable bonds is 18. The van der Waals surface area contributed by atoms with Crippen LogP contribution in [0, 0.1) is 0 Å². The van der Waals surface area contributed by atoms with Gasteiger partial charge >= 0.3 is 8.88 Å². The lowest BCUT2D eigenvalue weighted by atomic mass is 10.0. The Bertz CT molecular complexity index is 5880. The van der Waals surface area contributed by atoms with Gasteiger partial charge < -0.3 is 19.7 Å². The molecule has 0 fully saturated rings. The number of nitrogens with two attached hydrogens (primary N) is 2. The molecular weight excluding hydrogens is 1370 g/mol. The van der Waals surface area contributed by atoms with E-state index in [0.29, 0.717) is 125 Å². The van der Waals surface area contributed by atoms with Crippen LogP contribution < -0.4 is 22.4 Å². The molecule has 0 aliphatic carbocycles. The van der Waals surface area contributed by atoms with Crippen molar-refractivity contribution in [1.29, 1.82) is 0 Å². The third kappa shape index (κ3) is 10.8. The molecule has 0 saturated heterocycles. The van der Waals surface area contributed by atoms with Crippen LogP contribution in [0.5, 0.6) is 0 Å². The molecule has 14 rings (SSSR count). The lowest BCUT2D eigenvalue weighted by molar-refractivity contribution is 0.307. The number of fused-ring (bicyclic) bond motifs is 18. The molecule has 10 aromatic rings. The Morgan fingerprint density at radius 2 is 0.660 bits per heavy atom. The summed E-state index contributed by atoms with van der Waals surface area (Å²) in [4.78, 5) is 32.3. The molecule has 31 heteroatoms. The predicted molar refractivity (Wildman–Crippen MR) is 381 cm³/mol. The van der Waals surface area contributed by atoms with E-state index in [9.17, 15) is 51.9 Å². The third-order valence-corrected chi connectivity index (χ3v) is 40.3. The molecule has 0 saturated carbocycles. The maximum Gasteiger partial charge on any atom is 0.582 e. The summed E-state index contributed by atoms with van der Waals surface area (Å²) >= 11 is 0. The SMILES string of the molecule is CC(C)[Si](CCCN)(O[Si]1(O[Si](CCCN)(C(C)C)C(C)C)n2c3c4cc5cc(S(=O)(=O)O)ccc5cc4c2N=C2N=C(N=c4c5cc6cc(S(=O)(=O)O)ccc6cc5c(n41)=NC1=NC(=N3)c3cc4ccc(S(=O)(=O)O)cc4cc31)c1cc3ccc(S(=O)(=O)O)cc3cc12)C(C)C. The maximum atomic E-state index is 13.1. The molecule has 0 spiro atoms. The zero-order chi connectivity index (χ0) is 69.2. The zero-order valence-electron chi connectivity index (χ0n) is 53.8. The Balaban J connectivity index is 1.32. The van der Waals surface area contributed by atoms with Crippen LogP contribution in [0.15, 0.2) is 171 Å². The van der Waals surface area contributed by atoms with Crippen molar-refractivity contribution in [1.82, 2.24) is 8.47 Å². The van der Waals surface area contributed by atoms with Crippen LogP contribution in [0.4, 0.5) is 11.6 Å². The molecule has 4 aliphatic rings. The normalized spacial score (nSPS) is 15.6. The second-order valence-electron chi connectivity index (χ2n) is 26.5. The highest BCUT2D eigenvalue weighted by Crippen LogP contribution is 2.52. The molecule has 8 N–H and O–H groups in total. The first-order valence-electron chi connectivity index (χ1n) is 31.6. The first-order valence-corrected chi connectivity index (χ1v) is 43.6. The minimum Gasteiger partial charge on any atom is -0.403 e. The minimum absolute atomic E-state index is 0.0861. The highest BCUT2D eigenvalue weighted by molar-refractivity contribution is 7.86. The highest BCUT2D eigenvalue weighted by atomic mass is 32.2. The second-order valence-corrected chi connectivity index (χ2v) is 45.3. The topological polar surface area (TPSA) is 372 Å². The van der Waals surface area contributed by atoms with Gasteiger partial charge in [0.2, 0.25) is 0 Å². The summed E-state index contributed by atoms with van der Waals surface area (Å²) in [6.45, 7) is 17.7. The summed E-state index contributed by atoms with van der Waals surface area (Å²) in [5.41, 5.74) is 14.4. The zero-order valence-corrected chi connectivity index (χ0v) is 60.1. The van der Waals surface area contributed by atoms with Gasteiger partial charge in [-0.05, 0) is 200 Å². The van der Waals surface area contributed by atoms with Gasteiger partial charge in [-0.3, -0.25) is 26.7 Å². The van der Waals surface area contributed by atoms with E-state index in [1.54, 1.807) is 60.7 Å². The number of aromatic nitrogens is 2. The summed E-state index contributed by atoms with van der Waals surface area (Å²) in [6, 6.07) is 32.1. The van der Waals surface area contributed by atoms with Gasteiger partial charge in [-0.25, -0.2) is 30.0 Å². The molecule has 24 nitrogen and oxygen atoms in total. The first kappa shape index (κ1) is 66.5. The van der Waals surface area contributed by atoms with Gasteiger partial charge in [0.05, 0.1) is 19.6 Å². The lowest BCUT2D eigenvalue weighted by Gasteiger charge is -2.51. The summed E-state index contributed by atoms with van der Waals surface area (Å²) < 4.78 is 168. The molecular formula is C66H68N10O14S4Si3. The number of nitrogens with zero attached hydrogens (tertiary/aromatic N) is 8. The van der Waals surface area contributed by atoms with Crippen molar-refractivity contribution in [3.05, 3.63) is 155 Å². The molecule has 0 amide bonds. The average Bonchev–Trinajstić information content (AvgIpc) is 1.55. The van der Waals surface area contributed by atoms with Crippen LogP contribution >= 0.6 is 0 Å². The Labute approximate surface area is 561 Å². The van der Waals surface area contributed by atoms with Crippen molar-refractivity contribution in [2.24, 2.45) is 41.4 Å². The van der Waals surface area contributed by atoms with Crippen LogP contribution in [0.3, 0.4) is 0 Å². The molecule has 2 aromatic heterocycles. The Morgan fingerprint density at radius 3 is 0.979 bits per heavy atom. The van der Waals surface area contributed by atoms with Crippen LogP contribution in [0.2, 0.25) is 34.3 Å². The molecule has 8 aromatic carbocycles. The smallest absolute Gasteiger partial charge is 0.403 e.